The maximum Gasteiger partial charge on any atom is 0.186 e. The van der Waals surface area contributed by atoms with Gasteiger partial charge in [-0.3, -0.25) is 0 Å². The minimum atomic E-state index is 0.102. The van der Waals surface area contributed by atoms with Gasteiger partial charge in [0, 0.05) is 11.1 Å². The van der Waals surface area contributed by atoms with E-state index in [1.807, 2.05) is 19.2 Å². The van der Waals surface area contributed by atoms with Crippen molar-refractivity contribution >= 4 is 40.5 Å². The Labute approximate surface area is 101 Å². The van der Waals surface area contributed by atoms with Crippen molar-refractivity contribution < 1.29 is 0 Å². The fourth-order valence-corrected chi connectivity index (χ4v) is 2.56. The molecule has 4 nitrogen and oxygen atoms in total. The van der Waals surface area contributed by atoms with E-state index in [-0.39, 0.29) is 6.04 Å². The molecule has 2 rings (SSSR count). The molecule has 0 aromatic carbocycles. The summed E-state index contributed by atoms with van der Waals surface area (Å²) in [6.07, 6.45) is 0. The molecule has 80 valence electrons. The fourth-order valence-electron chi connectivity index (χ4n) is 1.10. The van der Waals surface area contributed by atoms with Gasteiger partial charge in [0.2, 0.25) is 0 Å². The molecule has 2 heterocycles. The van der Waals surface area contributed by atoms with Crippen LogP contribution in [-0.2, 0) is 0 Å². The Bertz CT molecular complexity index is 453. The number of aromatic nitrogens is 3. The van der Waals surface area contributed by atoms with Gasteiger partial charge in [-0.2, -0.15) is 8.75 Å². The number of hydrogen-bond acceptors (Lipinski definition) is 6. The Morgan fingerprint density at radius 1 is 1.47 bits per heavy atom. The predicted molar refractivity (Wildman–Crippen MR) is 63.8 cm³/mol. The number of nitrogens with zero attached hydrogens (tertiary/aromatic N) is 3. The molecule has 0 aliphatic heterocycles. The molecular formula is C8H9ClN4S2. The van der Waals surface area contributed by atoms with Gasteiger partial charge in [-0.15, -0.1) is 11.3 Å². The van der Waals surface area contributed by atoms with Crippen molar-refractivity contribution in [2.45, 2.75) is 19.9 Å². The molecule has 0 spiro atoms. The molecule has 0 fully saturated rings. The minimum Gasteiger partial charge on any atom is -0.358 e. The average molecular weight is 261 g/mol. The summed E-state index contributed by atoms with van der Waals surface area (Å²) < 4.78 is 7.94. The molecule has 2 aromatic heterocycles. The highest BCUT2D eigenvalue weighted by molar-refractivity contribution is 7.09. The summed E-state index contributed by atoms with van der Waals surface area (Å²) in [7, 11) is 0. The molecule has 0 saturated carbocycles. The third kappa shape index (κ3) is 2.45. The molecule has 0 saturated heterocycles. The molecule has 0 aliphatic rings. The summed E-state index contributed by atoms with van der Waals surface area (Å²) >= 11 is 8.55. The Morgan fingerprint density at radius 2 is 2.27 bits per heavy atom. The van der Waals surface area contributed by atoms with Crippen LogP contribution in [-0.4, -0.2) is 13.7 Å². The molecule has 7 heteroatoms. The lowest BCUT2D eigenvalue weighted by atomic mass is 10.3. The first-order chi connectivity index (χ1) is 7.16. The molecule has 1 atom stereocenters. The van der Waals surface area contributed by atoms with Crippen LogP contribution in [0.3, 0.4) is 0 Å². The molecule has 0 amide bonds. The minimum absolute atomic E-state index is 0.102. The van der Waals surface area contributed by atoms with Gasteiger partial charge >= 0.3 is 0 Å². The number of aryl methyl sites for hydroxylation is 1. The molecule has 1 unspecified atom stereocenters. The van der Waals surface area contributed by atoms with Crippen molar-refractivity contribution in [3.05, 3.63) is 21.2 Å². The van der Waals surface area contributed by atoms with Crippen LogP contribution in [0.1, 0.15) is 23.7 Å². The SMILES string of the molecule is Cc1csc(C(C)Nc2nsnc2Cl)n1. The monoisotopic (exact) mass is 260 g/mol. The van der Waals surface area contributed by atoms with Gasteiger partial charge in [-0.1, -0.05) is 11.6 Å². The second kappa shape index (κ2) is 4.42. The number of halogens is 1. The summed E-state index contributed by atoms with van der Waals surface area (Å²) in [4.78, 5) is 4.39. The van der Waals surface area contributed by atoms with Crippen LogP contribution < -0.4 is 5.32 Å². The lowest BCUT2D eigenvalue weighted by molar-refractivity contribution is 0.859. The lowest BCUT2D eigenvalue weighted by Gasteiger charge is -2.09. The van der Waals surface area contributed by atoms with Crippen LogP contribution in [0.15, 0.2) is 5.38 Å². The molecular weight excluding hydrogens is 252 g/mol. The van der Waals surface area contributed by atoms with Crippen LogP contribution in [0.25, 0.3) is 0 Å². The first-order valence-electron chi connectivity index (χ1n) is 4.33. The molecule has 15 heavy (non-hydrogen) atoms. The first kappa shape index (κ1) is 10.8. The standard InChI is InChI=1S/C8H9ClN4S2/c1-4-3-14-8(10-4)5(2)11-7-6(9)12-15-13-7/h3,5H,1-2H3,(H,11,13). The smallest absolute Gasteiger partial charge is 0.186 e. The first-order valence-corrected chi connectivity index (χ1v) is 6.32. The number of rotatable bonds is 3. The molecule has 0 aliphatic carbocycles. The van der Waals surface area contributed by atoms with Gasteiger partial charge < -0.3 is 5.32 Å². The van der Waals surface area contributed by atoms with Gasteiger partial charge in [-0.05, 0) is 13.8 Å². The second-order valence-corrected chi connectivity index (χ2v) is 4.87. The van der Waals surface area contributed by atoms with Crippen LogP contribution in [0, 0.1) is 6.92 Å². The largest absolute Gasteiger partial charge is 0.358 e. The van der Waals surface area contributed by atoms with Crippen molar-refractivity contribution in [2.24, 2.45) is 0 Å². The quantitative estimate of drug-likeness (QED) is 0.921. The number of hydrogen-bond donors (Lipinski definition) is 1. The van der Waals surface area contributed by atoms with Gasteiger partial charge in [0.05, 0.1) is 17.8 Å². The van der Waals surface area contributed by atoms with Crippen molar-refractivity contribution in [3.63, 3.8) is 0 Å². The number of anilines is 1. The highest BCUT2D eigenvalue weighted by Gasteiger charge is 2.13. The summed E-state index contributed by atoms with van der Waals surface area (Å²) in [6.45, 7) is 4.00. The maximum atomic E-state index is 5.83. The Morgan fingerprint density at radius 3 is 2.80 bits per heavy atom. The zero-order chi connectivity index (χ0) is 10.8. The lowest BCUT2D eigenvalue weighted by Crippen LogP contribution is -2.06. The topological polar surface area (TPSA) is 50.7 Å². The van der Waals surface area contributed by atoms with Crippen molar-refractivity contribution in [2.75, 3.05) is 5.32 Å². The third-order valence-corrected chi connectivity index (χ3v) is 3.85. The van der Waals surface area contributed by atoms with Crippen LogP contribution >= 0.6 is 34.7 Å². The number of nitrogens with one attached hydrogen (secondary N) is 1. The van der Waals surface area contributed by atoms with Gasteiger partial charge in [0.1, 0.15) is 5.01 Å². The summed E-state index contributed by atoms with van der Waals surface area (Å²) in [5, 5.41) is 6.64. The van der Waals surface area contributed by atoms with E-state index in [1.54, 1.807) is 11.3 Å². The van der Waals surface area contributed by atoms with E-state index in [2.05, 4.69) is 19.0 Å². The molecule has 1 N–H and O–H groups in total. The number of thiazole rings is 1. The highest BCUT2D eigenvalue weighted by atomic mass is 35.5. The summed E-state index contributed by atoms with van der Waals surface area (Å²) in [5.74, 6) is 0.627. The summed E-state index contributed by atoms with van der Waals surface area (Å²) in [5.41, 5.74) is 1.03. The molecule has 0 bridgehead atoms. The van der Waals surface area contributed by atoms with Crippen LogP contribution in [0.2, 0.25) is 5.15 Å². The molecule has 2 aromatic rings. The van der Waals surface area contributed by atoms with E-state index < -0.39 is 0 Å². The van der Waals surface area contributed by atoms with E-state index >= 15 is 0 Å². The Hall–Kier alpha value is -0.720. The van der Waals surface area contributed by atoms with E-state index in [1.165, 1.54) is 0 Å². The predicted octanol–water partition coefficient (Wildman–Crippen LogP) is 3.13. The van der Waals surface area contributed by atoms with E-state index in [0.29, 0.717) is 11.0 Å². The second-order valence-electron chi connectivity index (χ2n) is 3.10. The van der Waals surface area contributed by atoms with Crippen molar-refractivity contribution in [3.8, 4) is 0 Å². The van der Waals surface area contributed by atoms with Crippen LogP contribution in [0.4, 0.5) is 5.82 Å². The third-order valence-electron chi connectivity index (χ3n) is 1.81. The van der Waals surface area contributed by atoms with Crippen molar-refractivity contribution in [1.29, 1.82) is 0 Å². The zero-order valence-electron chi connectivity index (χ0n) is 8.19. The average Bonchev–Trinajstić information content (AvgIpc) is 2.77. The van der Waals surface area contributed by atoms with Gasteiger partial charge in [-0.25, -0.2) is 4.98 Å². The van der Waals surface area contributed by atoms with Crippen molar-refractivity contribution in [1.82, 2.24) is 13.7 Å². The van der Waals surface area contributed by atoms with Crippen LogP contribution in [0.5, 0.6) is 0 Å². The fraction of sp³-hybridized carbons (Fsp3) is 0.375. The maximum absolute atomic E-state index is 5.83. The van der Waals surface area contributed by atoms with Gasteiger partial charge in [0.15, 0.2) is 11.0 Å². The van der Waals surface area contributed by atoms with E-state index in [4.69, 9.17) is 11.6 Å². The zero-order valence-corrected chi connectivity index (χ0v) is 10.6. The summed E-state index contributed by atoms with van der Waals surface area (Å²) in [6, 6.07) is 0.102. The Balaban J connectivity index is 2.10. The van der Waals surface area contributed by atoms with E-state index in [0.717, 1.165) is 22.4 Å². The van der Waals surface area contributed by atoms with Gasteiger partial charge in [0.25, 0.3) is 0 Å². The normalized spacial score (nSPS) is 12.7. The van der Waals surface area contributed by atoms with E-state index in [9.17, 15) is 0 Å². The Kier molecular flexibility index (Phi) is 3.18. The highest BCUT2D eigenvalue weighted by Crippen LogP contribution is 2.25. The molecule has 0 radical (unpaired) electrons.